The first kappa shape index (κ1) is 33.0. The molecule has 47 heavy (non-hydrogen) atoms. The maximum Gasteiger partial charge on any atom is 0.336 e. The average molecular weight is 644 g/mol. The highest BCUT2D eigenvalue weighted by molar-refractivity contribution is 6.11. The van der Waals surface area contributed by atoms with Crippen molar-refractivity contribution in [3.05, 3.63) is 89.8 Å². The Morgan fingerprint density at radius 2 is 1.64 bits per heavy atom. The number of methoxy groups -OCH3 is 1. The molecule has 2 heterocycles. The number of piperidine rings is 1. The lowest BCUT2D eigenvalue weighted by Crippen LogP contribution is -2.43. The van der Waals surface area contributed by atoms with E-state index in [-0.39, 0.29) is 53.3 Å². The lowest BCUT2D eigenvalue weighted by atomic mass is 9.89. The van der Waals surface area contributed by atoms with E-state index in [2.05, 4.69) is 10.2 Å². The zero-order chi connectivity index (χ0) is 33.5. The van der Waals surface area contributed by atoms with Gasteiger partial charge in [-0.25, -0.2) is 14.0 Å². The molecule has 0 bridgehead atoms. The summed E-state index contributed by atoms with van der Waals surface area (Å²) in [5.41, 5.74) is 0.974. The Balaban J connectivity index is 1.40. The first-order valence-electron chi connectivity index (χ1n) is 15.2. The van der Waals surface area contributed by atoms with Gasteiger partial charge in [0.2, 0.25) is 5.91 Å². The smallest absolute Gasteiger partial charge is 0.336 e. The van der Waals surface area contributed by atoms with E-state index in [1.165, 1.54) is 48.4 Å². The number of ketones is 1. The molecule has 2 aliphatic heterocycles. The molecule has 3 aromatic carbocycles. The van der Waals surface area contributed by atoms with Crippen LogP contribution < -0.4 is 24.4 Å². The van der Waals surface area contributed by atoms with E-state index in [0.29, 0.717) is 49.5 Å². The molecule has 0 unspecified atom stereocenters. The van der Waals surface area contributed by atoms with Crippen molar-refractivity contribution in [1.82, 2.24) is 4.90 Å². The molecule has 2 amide bonds. The Morgan fingerprint density at radius 3 is 2.30 bits per heavy atom. The van der Waals surface area contributed by atoms with E-state index in [4.69, 9.17) is 14.2 Å². The van der Waals surface area contributed by atoms with Crippen LogP contribution in [-0.4, -0.2) is 67.7 Å². The van der Waals surface area contributed by atoms with Gasteiger partial charge in [0.25, 0.3) is 5.91 Å². The van der Waals surface area contributed by atoms with Crippen LogP contribution in [0.4, 0.5) is 15.8 Å². The third-order valence-electron chi connectivity index (χ3n) is 8.04. The van der Waals surface area contributed by atoms with Crippen LogP contribution in [0.1, 0.15) is 46.9 Å². The van der Waals surface area contributed by atoms with Crippen LogP contribution in [0.5, 0.6) is 17.2 Å². The molecule has 0 aliphatic carbocycles. The minimum Gasteiger partial charge on any atom is -0.497 e. The number of likely N-dealkylation sites (tertiary alicyclic amines) is 1. The highest BCUT2D eigenvalue weighted by Crippen LogP contribution is 2.41. The number of nitrogens with zero attached hydrogens (tertiary/aromatic N) is 2. The predicted octanol–water partition coefficient (Wildman–Crippen LogP) is 4.81. The van der Waals surface area contributed by atoms with Gasteiger partial charge in [0, 0.05) is 54.9 Å². The van der Waals surface area contributed by atoms with Gasteiger partial charge in [-0.2, -0.15) is 0 Å². The normalized spacial score (nSPS) is 15.7. The number of anilines is 2. The molecular weight excluding hydrogens is 609 g/mol. The Morgan fingerprint density at radius 1 is 0.957 bits per heavy atom. The van der Waals surface area contributed by atoms with E-state index in [1.54, 1.807) is 31.2 Å². The Labute approximate surface area is 270 Å². The maximum atomic E-state index is 14.3. The lowest BCUT2D eigenvalue weighted by molar-refractivity contribution is -0.133. The van der Waals surface area contributed by atoms with Gasteiger partial charge in [0.05, 0.1) is 18.4 Å². The van der Waals surface area contributed by atoms with Crippen molar-refractivity contribution in [2.45, 2.75) is 26.2 Å². The SMILES string of the molecule is CCC(=O)Nc1ccc(C(=O)N(CCN2CCC(C(=O)c3ccc(F)cc3)CC2)c2cccc(OC)c2)c2c1OC(=O)/C=C/C(=O)O2. The summed E-state index contributed by atoms with van der Waals surface area (Å²) < 4.78 is 29.7. The predicted molar refractivity (Wildman–Crippen MR) is 170 cm³/mol. The van der Waals surface area contributed by atoms with Crippen LogP contribution in [0, 0.1) is 11.7 Å². The number of carbonyl (C=O) groups is 5. The van der Waals surface area contributed by atoms with Gasteiger partial charge in [-0.15, -0.1) is 0 Å². The summed E-state index contributed by atoms with van der Waals surface area (Å²) in [5.74, 6) is -3.38. The topological polar surface area (TPSA) is 132 Å². The molecule has 1 saturated heterocycles. The second kappa shape index (κ2) is 14.8. The quantitative estimate of drug-likeness (QED) is 0.188. The molecule has 3 aromatic rings. The Hall–Kier alpha value is -5.36. The summed E-state index contributed by atoms with van der Waals surface area (Å²) in [6.45, 7) is 3.52. The third kappa shape index (κ3) is 7.90. The second-order valence-electron chi connectivity index (χ2n) is 11.0. The molecular formula is C35H34FN3O8. The molecule has 244 valence electrons. The van der Waals surface area contributed by atoms with Crippen LogP contribution in [0.2, 0.25) is 0 Å². The molecule has 1 N–H and O–H groups in total. The van der Waals surface area contributed by atoms with E-state index < -0.39 is 23.7 Å². The minimum atomic E-state index is -0.901. The summed E-state index contributed by atoms with van der Waals surface area (Å²) in [6, 6.07) is 15.3. The van der Waals surface area contributed by atoms with Crippen molar-refractivity contribution in [1.29, 1.82) is 0 Å². The van der Waals surface area contributed by atoms with Crippen molar-refractivity contribution in [2.75, 3.05) is 43.5 Å². The molecule has 0 aromatic heterocycles. The van der Waals surface area contributed by atoms with E-state index in [9.17, 15) is 28.4 Å². The van der Waals surface area contributed by atoms with E-state index in [0.717, 1.165) is 12.2 Å². The molecule has 0 spiro atoms. The number of esters is 2. The Kier molecular flexibility index (Phi) is 10.4. The van der Waals surface area contributed by atoms with Gasteiger partial charge in [-0.05, 0) is 74.5 Å². The molecule has 0 atom stereocenters. The highest BCUT2D eigenvalue weighted by Gasteiger charge is 2.31. The number of rotatable bonds is 10. The Bertz CT molecular complexity index is 1710. The first-order valence-corrected chi connectivity index (χ1v) is 15.2. The monoisotopic (exact) mass is 643 g/mol. The van der Waals surface area contributed by atoms with Crippen molar-refractivity contribution in [2.24, 2.45) is 5.92 Å². The lowest BCUT2D eigenvalue weighted by Gasteiger charge is -2.33. The van der Waals surface area contributed by atoms with E-state index in [1.807, 2.05) is 0 Å². The number of hydrogen-bond acceptors (Lipinski definition) is 9. The number of amides is 2. The maximum absolute atomic E-state index is 14.3. The number of benzene rings is 3. The standard InChI is InChI=1S/C35H34FN3O8/c1-3-29(40)37-28-12-11-27(33-34(28)47-31(42)14-13-30(41)46-33)35(44)39(25-5-4-6-26(21-25)45-2)20-19-38-17-15-23(16-18-38)32(43)22-7-9-24(36)10-8-22/h4-14,21,23H,3,15-20H2,1-2H3,(H,37,40)/b14-13+. The number of fused-ring (bicyclic) bond motifs is 1. The molecule has 2 aliphatic rings. The van der Waals surface area contributed by atoms with Crippen LogP contribution in [0.3, 0.4) is 0 Å². The number of halogens is 1. The summed E-state index contributed by atoms with van der Waals surface area (Å²) in [4.78, 5) is 68.2. The second-order valence-corrected chi connectivity index (χ2v) is 11.0. The third-order valence-corrected chi connectivity index (χ3v) is 8.04. The molecule has 0 saturated carbocycles. The van der Waals surface area contributed by atoms with Crippen LogP contribution in [-0.2, 0) is 14.4 Å². The van der Waals surface area contributed by atoms with Gasteiger partial charge in [-0.1, -0.05) is 13.0 Å². The zero-order valence-corrected chi connectivity index (χ0v) is 26.0. The van der Waals surface area contributed by atoms with Gasteiger partial charge in [0.15, 0.2) is 17.3 Å². The summed E-state index contributed by atoms with van der Waals surface area (Å²) >= 11 is 0. The largest absolute Gasteiger partial charge is 0.497 e. The van der Waals surface area contributed by atoms with Crippen LogP contribution in [0.25, 0.3) is 0 Å². The van der Waals surface area contributed by atoms with Gasteiger partial charge in [0.1, 0.15) is 11.6 Å². The van der Waals surface area contributed by atoms with Gasteiger partial charge < -0.3 is 29.3 Å². The summed E-state index contributed by atoms with van der Waals surface area (Å²) in [7, 11) is 1.51. The van der Waals surface area contributed by atoms with Gasteiger partial charge in [-0.3, -0.25) is 14.4 Å². The highest BCUT2D eigenvalue weighted by atomic mass is 19.1. The minimum absolute atomic E-state index is 0.0157. The molecule has 12 heteroatoms. The number of ether oxygens (including phenoxy) is 3. The number of hydrogen-bond donors (Lipinski definition) is 1. The van der Waals surface area contributed by atoms with Gasteiger partial charge >= 0.3 is 11.9 Å². The summed E-state index contributed by atoms with van der Waals surface area (Å²) in [5, 5.41) is 2.62. The summed E-state index contributed by atoms with van der Waals surface area (Å²) in [6.07, 6.45) is 3.13. The number of Topliss-reactive ketones (excluding diaryl/α,β-unsaturated/α-hetero) is 1. The zero-order valence-electron chi connectivity index (χ0n) is 26.0. The molecule has 11 nitrogen and oxygen atoms in total. The number of carbonyl (C=O) groups excluding carboxylic acids is 5. The average Bonchev–Trinajstić information content (AvgIpc) is 3.08. The molecule has 1 fully saturated rings. The van der Waals surface area contributed by atoms with Crippen molar-refractivity contribution in [3.8, 4) is 17.2 Å². The van der Waals surface area contributed by atoms with Crippen molar-refractivity contribution < 1.29 is 42.6 Å². The number of nitrogens with one attached hydrogen (secondary N) is 1. The van der Waals surface area contributed by atoms with E-state index >= 15 is 0 Å². The van der Waals surface area contributed by atoms with Crippen LogP contribution >= 0.6 is 0 Å². The van der Waals surface area contributed by atoms with Crippen LogP contribution in [0.15, 0.2) is 72.8 Å². The fourth-order valence-corrected chi connectivity index (χ4v) is 5.46. The first-order chi connectivity index (χ1) is 22.7. The van der Waals surface area contributed by atoms with Crippen molar-refractivity contribution in [3.63, 3.8) is 0 Å². The van der Waals surface area contributed by atoms with Crippen molar-refractivity contribution >= 4 is 40.9 Å². The molecule has 5 rings (SSSR count). The molecule has 0 radical (unpaired) electrons. The fourth-order valence-electron chi connectivity index (χ4n) is 5.46. The fraction of sp³-hybridized carbons (Fsp3) is 0.286.